The zero-order valence-corrected chi connectivity index (χ0v) is 11.5. The minimum atomic E-state index is -0.300. The fraction of sp³-hybridized carbons (Fsp3) is 0.250. The van der Waals surface area contributed by atoms with Crippen molar-refractivity contribution in [2.45, 2.75) is 25.5 Å². The SMILES string of the molecule is O=C(NC1CC1)c1cc(=O)c(OCc2ccccc2)c[nH]1. The lowest BCUT2D eigenvalue weighted by Crippen LogP contribution is -2.27. The van der Waals surface area contributed by atoms with Crippen LogP contribution in [-0.2, 0) is 6.61 Å². The van der Waals surface area contributed by atoms with Gasteiger partial charge >= 0.3 is 0 Å². The number of carbonyl (C=O) groups is 1. The molecule has 108 valence electrons. The molecular weight excluding hydrogens is 268 g/mol. The normalized spacial score (nSPS) is 13.7. The van der Waals surface area contributed by atoms with Crippen LogP contribution in [0.25, 0.3) is 0 Å². The Balaban J connectivity index is 1.66. The summed E-state index contributed by atoms with van der Waals surface area (Å²) in [6.07, 6.45) is 3.45. The van der Waals surface area contributed by atoms with Gasteiger partial charge in [-0.1, -0.05) is 30.3 Å². The fourth-order valence-corrected chi connectivity index (χ4v) is 1.93. The van der Waals surface area contributed by atoms with Crippen molar-refractivity contribution in [3.05, 3.63) is 64.1 Å². The summed E-state index contributed by atoms with van der Waals surface area (Å²) in [6, 6.07) is 11.1. The van der Waals surface area contributed by atoms with Crippen molar-refractivity contribution in [3.63, 3.8) is 0 Å². The predicted molar refractivity (Wildman–Crippen MR) is 78.3 cm³/mol. The van der Waals surface area contributed by atoms with Gasteiger partial charge in [-0.3, -0.25) is 9.59 Å². The van der Waals surface area contributed by atoms with E-state index in [1.54, 1.807) is 0 Å². The number of H-pyrrole nitrogens is 1. The Morgan fingerprint density at radius 3 is 2.71 bits per heavy atom. The molecule has 1 saturated carbocycles. The minimum absolute atomic E-state index is 0.210. The monoisotopic (exact) mass is 284 g/mol. The van der Waals surface area contributed by atoms with E-state index in [0.29, 0.717) is 6.61 Å². The number of pyridine rings is 1. The second-order valence-electron chi connectivity index (χ2n) is 5.10. The molecule has 5 heteroatoms. The third-order valence-electron chi connectivity index (χ3n) is 3.27. The highest BCUT2D eigenvalue weighted by Crippen LogP contribution is 2.19. The van der Waals surface area contributed by atoms with Crippen LogP contribution in [-0.4, -0.2) is 16.9 Å². The Bertz CT molecular complexity index is 690. The number of nitrogens with one attached hydrogen (secondary N) is 2. The molecule has 2 N–H and O–H groups in total. The number of aromatic nitrogens is 1. The zero-order chi connectivity index (χ0) is 14.7. The summed E-state index contributed by atoms with van der Waals surface area (Å²) in [6.45, 7) is 0.317. The van der Waals surface area contributed by atoms with E-state index in [-0.39, 0.29) is 28.8 Å². The summed E-state index contributed by atoms with van der Waals surface area (Å²) in [5.74, 6) is -0.0361. The van der Waals surface area contributed by atoms with Crippen LogP contribution in [0.4, 0.5) is 0 Å². The molecule has 2 aromatic rings. The molecule has 5 nitrogen and oxygen atoms in total. The Morgan fingerprint density at radius 2 is 2.05 bits per heavy atom. The predicted octanol–water partition coefficient (Wildman–Crippen LogP) is 1.85. The molecule has 1 aromatic heterocycles. The highest BCUT2D eigenvalue weighted by molar-refractivity contribution is 5.92. The van der Waals surface area contributed by atoms with Crippen molar-refractivity contribution >= 4 is 5.91 Å². The summed E-state index contributed by atoms with van der Waals surface area (Å²) in [5, 5.41) is 2.82. The first-order valence-electron chi connectivity index (χ1n) is 6.93. The molecule has 1 fully saturated rings. The maximum Gasteiger partial charge on any atom is 0.268 e. The number of ether oxygens (including phenoxy) is 1. The first-order valence-corrected chi connectivity index (χ1v) is 6.93. The lowest BCUT2D eigenvalue weighted by molar-refractivity contribution is 0.0946. The Hall–Kier alpha value is -2.56. The molecule has 1 aromatic carbocycles. The molecule has 0 unspecified atom stereocenters. The summed E-state index contributed by atoms with van der Waals surface area (Å²) in [4.78, 5) is 26.6. The second kappa shape index (κ2) is 5.83. The number of carbonyl (C=O) groups excluding carboxylic acids is 1. The number of aromatic amines is 1. The quantitative estimate of drug-likeness (QED) is 0.880. The number of hydrogen-bond donors (Lipinski definition) is 2. The average Bonchev–Trinajstić information content (AvgIpc) is 3.31. The highest BCUT2D eigenvalue weighted by Gasteiger charge is 2.24. The molecule has 1 heterocycles. The van der Waals surface area contributed by atoms with Gasteiger partial charge in [0.1, 0.15) is 12.3 Å². The lowest BCUT2D eigenvalue weighted by atomic mass is 10.2. The van der Waals surface area contributed by atoms with E-state index in [1.807, 2.05) is 30.3 Å². The number of amides is 1. The van der Waals surface area contributed by atoms with Crippen LogP contribution in [0.5, 0.6) is 5.75 Å². The largest absolute Gasteiger partial charge is 0.483 e. The molecule has 0 saturated heterocycles. The molecule has 3 rings (SSSR count). The maximum absolute atomic E-state index is 11.9. The summed E-state index contributed by atoms with van der Waals surface area (Å²) >= 11 is 0. The summed E-state index contributed by atoms with van der Waals surface area (Å²) in [7, 11) is 0. The molecule has 1 aliphatic rings. The Morgan fingerprint density at radius 1 is 1.29 bits per heavy atom. The van der Waals surface area contributed by atoms with Crippen molar-refractivity contribution in [1.29, 1.82) is 0 Å². The van der Waals surface area contributed by atoms with E-state index in [1.165, 1.54) is 12.3 Å². The molecular formula is C16H16N2O3. The first-order chi connectivity index (χ1) is 10.2. The van der Waals surface area contributed by atoms with Gasteiger partial charge in [-0.05, 0) is 18.4 Å². The number of hydrogen-bond acceptors (Lipinski definition) is 3. The van der Waals surface area contributed by atoms with Crippen molar-refractivity contribution in [1.82, 2.24) is 10.3 Å². The van der Waals surface area contributed by atoms with Crippen LogP contribution in [0.15, 0.2) is 47.4 Å². The minimum Gasteiger partial charge on any atom is -0.483 e. The Kier molecular flexibility index (Phi) is 3.73. The molecule has 0 bridgehead atoms. The second-order valence-corrected chi connectivity index (χ2v) is 5.10. The van der Waals surface area contributed by atoms with E-state index in [0.717, 1.165) is 18.4 Å². The van der Waals surface area contributed by atoms with Gasteiger partial charge in [0, 0.05) is 18.3 Å². The molecule has 1 aliphatic carbocycles. The third-order valence-corrected chi connectivity index (χ3v) is 3.27. The fourth-order valence-electron chi connectivity index (χ4n) is 1.93. The van der Waals surface area contributed by atoms with Crippen LogP contribution in [0.3, 0.4) is 0 Å². The first kappa shape index (κ1) is 13.4. The van der Waals surface area contributed by atoms with Crippen molar-refractivity contribution in [2.24, 2.45) is 0 Å². The van der Waals surface area contributed by atoms with Gasteiger partial charge in [0.15, 0.2) is 5.75 Å². The van der Waals surface area contributed by atoms with E-state index in [2.05, 4.69) is 10.3 Å². The van der Waals surface area contributed by atoms with Crippen LogP contribution in [0.2, 0.25) is 0 Å². The lowest BCUT2D eigenvalue weighted by Gasteiger charge is -2.07. The molecule has 21 heavy (non-hydrogen) atoms. The van der Waals surface area contributed by atoms with Crippen molar-refractivity contribution in [3.8, 4) is 5.75 Å². The summed E-state index contributed by atoms with van der Waals surface area (Å²) in [5.41, 5.74) is 0.942. The van der Waals surface area contributed by atoms with Crippen LogP contribution < -0.4 is 15.5 Å². The number of rotatable bonds is 5. The van der Waals surface area contributed by atoms with E-state index < -0.39 is 0 Å². The number of benzene rings is 1. The standard InChI is InChI=1S/C16H16N2O3/c19-14-8-13(16(20)18-12-6-7-12)17-9-15(14)21-10-11-4-2-1-3-5-11/h1-5,8-9,12H,6-7,10H2,(H,17,19)(H,18,20). The molecule has 0 aliphatic heterocycles. The summed E-state index contributed by atoms with van der Waals surface area (Å²) < 4.78 is 5.48. The van der Waals surface area contributed by atoms with E-state index >= 15 is 0 Å². The van der Waals surface area contributed by atoms with Gasteiger partial charge in [0.05, 0.1) is 0 Å². The van der Waals surface area contributed by atoms with Gasteiger partial charge in [-0.25, -0.2) is 0 Å². The van der Waals surface area contributed by atoms with Gasteiger partial charge in [-0.2, -0.15) is 0 Å². The third kappa shape index (κ3) is 3.51. The maximum atomic E-state index is 11.9. The Labute approximate surface area is 122 Å². The van der Waals surface area contributed by atoms with Crippen molar-refractivity contribution in [2.75, 3.05) is 0 Å². The molecule has 1 amide bonds. The van der Waals surface area contributed by atoms with Gasteiger partial charge < -0.3 is 15.0 Å². The van der Waals surface area contributed by atoms with Crippen LogP contribution in [0.1, 0.15) is 28.9 Å². The highest BCUT2D eigenvalue weighted by atomic mass is 16.5. The van der Waals surface area contributed by atoms with Crippen LogP contribution >= 0.6 is 0 Å². The van der Waals surface area contributed by atoms with E-state index in [9.17, 15) is 9.59 Å². The van der Waals surface area contributed by atoms with Gasteiger partial charge in [-0.15, -0.1) is 0 Å². The van der Waals surface area contributed by atoms with Crippen LogP contribution in [0, 0.1) is 0 Å². The molecule has 0 spiro atoms. The molecule has 0 atom stereocenters. The molecule has 0 radical (unpaired) electrons. The van der Waals surface area contributed by atoms with Gasteiger partial charge in [0.2, 0.25) is 5.43 Å². The van der Waals surface area contributed by atoms with E-state index in [4.69, 9.17) is 4.74 Å². The topological polar surface area (TPSA) is 71.2 Å². The zero-order valence-electron chi connectivity index (χ0n) is 11.5. The van der Waals surface area contributed by atoms with Crippen molar-refractivity contribution < 1.29 is 9.53 Å². The van der Waals surface area contributed by atoms with Gasteiger partial charge in [0.25, 0.3) is 5.91 Å². The average molecular weight is 284 g/mol. The smallest absolute Gasteiger partial charge is 0.268 e.